The summed E-state index contributed by atoms with van der Waals surface area (Å²) >= 11 is 0. The zero-order chi connectivity index (χ0) is 23.3. The molecule has 186 valence electrons. The third-order valence-electron chi connectivity index (χ3n) is 5.25. The van der Waals surface area contributed by atoms with Gasteiger partial charge in [0.1, 0.15) is 0 Å². The molecule has 1 aromatic carbocycles. The normalized spacial score (nSPS) is 13.1. The summed E-state index contributed by atoms with van der Waals surface area (Å²) in [6, 6.07) is 6.71. The monoisotopic (exact) mass is 472 g/mol. The first-order valence-electron chi connectivity index (χ1n) is 12.6. The van der Waals surface area contributed by atoms with Crippen molar-refractivity contribution < 1.29 is 28.3 Å². The predicted molar refractivity (Wildman–Crippen MR) is 130 cm³/mol. The number of ether oxygens (including phenoxy) is 1. The van der Waals surface area contributed by atoms with Gasteiger partial charge in [-0.1, -0.05) is 109 Å². The summed E-state index contributed by atoms with van der Waals surface area (Å²) in [5, 5.41) is 0. The van der Waals surface area contributed by atoms with Crippen LogP contribution in [0.3, 0.4) is 0 Å². The van der Waals surface area contributed by atoms with Crippen LogP contribution in [0.15, 0.2) is 24.3 Å². The zero-order valence-electron chi connectivity index (χ0n) is 20.3. The topological polar surface area (TPSA) is 74.2 Å². The molecule has 0 aromatic heterocycles. The molecule has 6 nitrogen and oxygen atoms in total. The highest BCUT2D eigenvalue weighted by Crippen LogP contribution is 2.46. The Balaban J connectivity index is 1.99. The second-order valence-electron chi connectivity index (χ2n) is 8.35. The number of rotatable bonds is 22. The molecule has 0 aliphatic rings. The van der Waals surface area contributed by atoms with Gasteiger partial charge in [-0.2, -0.15) is 0 Å². The van der Waals surface area contributed by atoms with Crippen molar-refractivity contribution in [2.24, 2.45) is 0 Å². The third-order valence-corrected chi connectivity index (χ3v) is 5.97. The van der Waals surface area contributed by atoms with Crippen LogP contribution in [0.1, 0.15) is 110 Å². The maximum atomic E-state index is 12.1. The van der Waals surface area contributed by atoms with E-state index < -0.39 is 7.82 Å². The van der Waals surface area contributed by atoms with Gasteiger partial charge in [-0.25, -0.2) is 9.45 Å². The van der Waals surface area contributed by atoms with Crippen LogP contribution in [-0.4, -0.2) is 18.1 Å². The van der Waals surface area contributed by atoms with Crippen LogP contribution in [0.25, 0.3) is 0 Å². The molecule has 0 amide bonds. The minimum atomic E-state index is -4.36. The lowest BCUT2D eigenvalue weighted by atomic mass is 10.0. The lowest BCUT2D eigenvalue weighted by molar-refractivity contribution is -0.221. The van der Waals surface area contributed by atoms with Crippen molar-refractivity contribution in [1.29, 1.82) is 0 Å². The van der Waals surface area contributed by atoms with Crippen LogP contribution in [-0.2, 0) is 14.1 Å². The fraction of sp³-hybridized carbons (Fsp3) is 0.760. The number of phosphoric acid groups is 1. The molecule has 0 bridgehead atoms. The number of hydrogen-bond donors (Lipinski definition) is 1. The van der Waals surface area contributed by atoms with Crippen LogP contribution in [0.4, 0.5) is 0 Å². The molecule has 1 aromatic rings. The van der Waals surface area contributed by atoms with Crippen molar-refractivity contribution in [2.45, 2.75) is 110 Å². The first kappa shape index (κ1) is 29.0. The van der Waals surface area contributed by atoms with E-state index in [-0.39, 0.29) is 12.4 Å². The van der Waals surface area contributed by atoms with E-state index in [1.807, 2.05) is 6.92 Å². The SMILES string of the molecule is CCCCCCCCCCCCCCCCOOP(=O)(O)Oc1ccccc1OCCC. The molecule has 0 spiro atoms. The fourth-order valence-corrected chi connectivity index (χ4v) is 4.09. The highest BCUT2D eigenvalue weighted by Gasteiger charge is 2.26. The van der Waals surface area contributed by atoms with Crippen molar-refractivity contribution in [3.63, 3.8) is 0 Å². The van der Waals surface area contributed by atoms with Gasteiger partial charge < -0.3 is 9.26 Å². The molecular weight excluding hydrogens is 427 g/mol. The summed E-state index contributed by atoms with van der Waals surface area (Å²) in [5.74, 6) is 0.561. The van der Waals surface area contributed by atoms with Gasteiger partial charge in [-0.05, 0) is 25.0 Å². The van der Waals surface area contributed by atoms with Crippen molar-refractivity contribution >= 4 is 7.82 Å². The summed E-state index contributed by atoms with van der Waals surface area (Å²) in [6.45, 7) is 5.00. The molecule has 0 aliphatic carbocycles. The molecule has 0 radical (unpaired) electrons. The second kappa shape index (κ2) is 19.4. The summed E-state index contributed by atoms with van der Waals surface area (Å²) in [6.07, 6.45) is 18.6. The molecule has 0 heterocycles. The zero-order valence-corrected chi connectivity index (χ0v) is 21.2. The Morgan fingerprint density at radius 1 is 0.688 bits per heavy atom. The van der Waals surface area contributed by atoms with Crippen LogP contribution in [0, 0.1) is 0 Å². The molecule has 0 fully saturated rings. The Labute approximate surface area is 195 Å². The molecule has 1 N–H and O–H groups in total. The Bertz CT molecular complexity index is 610. The van der Waals surface area contributed by atoms with Crippen LogP contribution in [0.5, 0.6) is 11.5 Å². The minimum Gasteiger partial charge on any atom is -0.490 e. The minimum absolute atomic E-state index is 0.159. The van der Waals surface area contributed by atoms with E-state index in [0.717, 1.165) is 25.7 Å². The first-order chi connectivity index (χ1) is 15.6. The Morgan fingerprint density at radius 2 is 1.19 bits per heavy atom. The van der Waals surface area contributed by atoms with E-state index in [9.17, 15) is 9.46 Å². The molecule has 1 atom stereocenters. The van der Waals surface area contributed by atoms with E-state index in [2.05, 4.69) is 11.6 Å². The van der Waals surface area contributed by atoms with E-state index in [1.54, 1.807) is 24.3 Å². The van der Waals surface area contributed by atoms with Crippen LogP contribution >= 0.6 is 7.82 Å². The Morgan fingerprint density at radius 3 is 1.72 bits per heavy atom. The maximum absolute atomic E-state index is 12.1. The summed E-state index contributed by atoms with van der Waals surface area (Å²) in [7, 11) is -4.36. The molecule has 0 saturated carbocycles. The van der Waals surface area contributed by atoms with Gasteiger partial charge in [0, 0.05) is 0 Å². The Kier molecular flexibility index (Phi) is 17.6. The van der Waals surface area contributed by atoms with E-state index in [1.165, 1.54) is 70.6 Å². The second-order valence-corrected chi connectivity index (χ2v) is 9.62. The number of hydrogen-bond acceptors (Lipinski definition) is 5. The van der Waals surface area contributed by atoms with Crippen molar-refractivity contribution in [3.05, 3.63) is 24.3 Å². The quantitative estimate of drug-likeness (QED) is 0.0790. The summed E-state index contributed by atoms with van der Waals surface area (Å²) in [4.78, 5) is 14.8. The maximum Gasteiger partial charge on any atom is 0.555 e. The van der Waals surface area contributed by atoms with Crippen LogP contribution < -0.4 is 9.26 Å². The van der Waals surface area contributed by atoms with E-state index in [4.69, 9.17) is 14.1 Å². The van der Waals surface area contributed by atoms with Gasteiger partial charge in [0.25, 0.3) is 0 Å². The van der Waals surface area contributed by atoms with Crippen molar-refractivity contribution in [3.8, 4) is 11.5 Å². The highest BCUT2D eigenvalue weighted by molar-refractivity contribution is 7.47. The molecule has 32 heavy (non-hydrogen) atoms. The highest BCUT2D eigenvalue weighted by atomic mass is 31.2. The number of benzene rings is 1. The smallest absolute Gasteiger partial charge is 0.490 e. The van der Waals surface area contributed by atoms with Gasteiger partial charge in [-0.15, -0.1) is 4.67 Å². The van der Waals surface area contributed by atoms with Gasteiger partial charge >= 0.3 is 7.82 Å². The molecular formula is C25H45O6P. The average molecular weight is 473 g/mol. The first-order valence-corrected chi connectivity index (χ1v) is 14.1. The number of para-hydroxylation sites is 2. The largest absolute Gasteiger partial charge is 0.555 e. The lowest BCUT2D eigenvalue weighted by Gasteiger charge is -2.15. The van der Waals surface area contributed by atoms with Crippen LogP contribution in [0.2, 0.25) is 0 Å². The molecule has 7 heteroatoms. The van der Waals surface area contributed by atoms with Crippen molar-refractivity contribution in [2.75, 3.05) is 13.2 Å². The van der Waals surface area contributed by atoms with Gasteiger partial charge in [0.15, 0.2) is 11.5 Å². The molecule has 1 unspecified atom stereocenters. The molecule has 0 saturated heterocycles. The van der Waals surface area contributed by atoms with E-state index in [0.29, 0.717) is 12.4 Å². The molecule has 0 aliphatic heterocycles. The lowest BCUT2D eigenvalue weighted by Crippen LogP contribution is -2.02. The standard InChI is InChI=1S/C25H45O6P/c1-3-5-6-7-8-9-10-11-12-13-14-15-16-19-23-29-31-32(26,27)30-25-21-18-17-20-24(25)28-22-4-2/h17-18,20-21H,3-16,19,22-23H2,1-2H3,(H,26,27). The predicted octanol–water partition coefficient (Wildman–Crippen LogP) is 8.38. The number of phosphoric ester groups is 1. The molecule has 1 rings (SSSR count). The summed E-state index contributed by atoms with van der Waals surface area (Å²) in [5.41, 5.74) is 0. The van der Waals surface area contributed by atoms with Crippen molar-refractivity contribution in [1.82, 2.24) is 0 Å². The number of unbranched alkanes of at least 4 members (excludes halogenated alkanes) is 13. The van der Waals surface area contributed by atoms with Gasteiger partial charge in [0.05, 0.1) is 13.2 Å². The summed E-state index contributed by atoms with van der Waals surface area (Å²) < 4.78 is 27.3. The van der Waals surface area contributed by atoms with Gasteiger partial charge in [-0.3, -0.25) is 4.89 Å². The Hall–Kier alpha value is -1.07. The van der Waals surface area contributed by atoms with Gasteiger partial charge in [0.2, 0.25) is 0 Å². The van der Waals surface area contributed by atoms with E-state index >= 15 is 0 Å². The average Bonchev–Trinajstić information content (AvgIpc) is 2.78. The fourth-order valence-electron chi connectivity index (χ4n) is 3.46. The third kappa shape index (κ3) is 15.7.